The smallest absolute Gasteiger partial charge is 0.242 e. The molecule has 0 saturated carbocycles. The third-order valence-electron chi connectivity index (χ3n) is 2.91. The first-order valence-electron chi connectivity index (χ1n) is 5.93. The molecule has 0 aliphatic heterocycles. The van der Waals surface area contributed by atoms with Crippen LogP contribution in [0.2, 0.25) is 0 Å². The van der Waals surface area contributed by atoms with Crippen molar-refractivity contribution in [3.8, 4) is 6.07 Å². The molecule has 5 nitrogen and oxygen atoms in total. The van der Waals surface area contributed by atoms with Crippen LogP contribution in [0.25, 0.3) is 0 Å². The van der Waals surface area contributed by atoms with Gasteiger partial charge in [0.2, 0.25) is 5.91 Å². The Morgan fingerprint density at radius 3 is 2.79 bits per heavy atom. The van der Waals surface area contributed by atoms with Crippen molar-refractivity contribution in [2.75, 3.05) is 0 Å². The molecule has 2 rings (SSSR count). The highest BCUT2D eigenvalue weighted by Crippen LogP contribution is 2.14. The van der Waals surface area contributed by atoms with Crippen molar-refractivity contribution >= 4 is 5.91 Å². The molecule has 0 saturated heterocycles. The van der Waals surface area contributed by atoms with E-state index in [9.17, 15) is 4.79 Å². The van der Waals surface area contributed by atoms with Crippen molar-refractivity contribution < 1.29 is 4.79 Å². The minimum absolute atomic E-state index is 0.297. The summed E-state index contributed by atoms with van der Waals surface area (Å²) in [6, 6.07) is 11.1. The molecular formula is C14H14N4O. The van der Waals surface area contributed by atoms with Crippen LogP contribution in [0.3, 0.4) is 0 Å². The number of rotatable bonds is 4. The maximum atomic E-state index is 12.0. The number of nitriles is 1. The van der Waals surface area contributed by atoms with Crippen molar-refractivity contribution in [3.63, 3.8) is 0 Å². The van der Waals surface area contributed by atoms with Crippen molar-refractivity contribution in [2.24, 2.45) is 0 Å². The van der Waals surface area contributed by atoms with Gasteiger partial charge < -0.3 is 5.32 Å². The van der Waals surface area contributed by atoms with Crippen LogP contribution in [0.15, 0.2) is 36.5 Å². The van der Waals surface area contributed by atoms with E-state index in [2.05, 4.69) is 15.5 Å². The van der Waals surface area contributed by atoms with Gasteiger partial charge in [0.15, 0.2) is 0 Å². The first-order valence-corrected chi connectivity index (χ1v) is 5.93. The number of amides is 1. The van der Waals surface area contributed by atoms with Crippen LogP contribution >= 0.6 is 0 Å². The normalized spacial score (nSPS) is 11.6. The molecule has 0 aliphatic carbocycles. The maximum Gasteiger partial charge on any atom is 0.242 e. The monoisotopic (exact) mass is 254 g/mol. The molecular weight excluding hydrogens is 240 g/mol. The zero-order chi connectivity index (χ0) is 13.7. The predicted octanol–water partition coefficient (Wildman–Crippen LogP) is 1.64. The number of hydrogen-bond donors (Lipinski definition) is 2. The molecule has 2 aromatic rings. The third-order valence-corrected chi connectivity index (χ3v) is 2.91. The van der Waals surface area contributed by atoms with Crippen molar-refractivity contribution in [3.05, 3.63) is 53.3 Å². The Hall–Kier alpha value is -2.61. The summed E-state index contributed by atoms with van der Waals surface area (Å²) in [4.78, 5) is 12.0. The molecule has 0 spiro atoms. The van der Waals surface area contributed by atoms with Gasteiger partial charge in [-0.05, 0) is 12.5 Å². The fourth-order valence-corrected chi connectivity index (χ4v) is 1.77. The molecule has 1 atom stereocenters. The van der Waals surface area contributed by atoms with E-state index in [-0.39, 0.29) is 5.91 Å². The van der Waals surface area contributed by atoms with Gasteiger partial charge in [0.1, 0.15) is 5.92 Å². The van der Waals surface area contributed by atoms with Gasteiger partial charge >= 0.3 is 0 Å². The summed E-state index contributed by atoms with van der Waals surface area (Å²) in [5, 5.41) is 18.6. The standard InChI is InChI=1S/C14H14N4O/c1-10-12(9-17-18-10)8-16-14(19)13(7-15)11-5-3-2-4-6-11/h2-6,9,13H,8H2,1H3,(H,16,19)(H,17,18). The van der Waals surface area contributed by atoms with Gasteiger partial charge in [-0.3, -0.25) is 9.89 Å². The zero-order valence-corrected chi connectivity index (χ0v) is 10.6. The lowest BCUT2D eigenvalue weighted by Gasteiger charge is -2.10. The minimum atomic E-state index is -0.784. The first kappa shape index (κ1) is 12.8. The Balaban J connectivity index is 2.03. The summed E-state index contributed by atoms with van der Waals surface area (Å²) in [5.41, 5.74) is 2.53. The van der Waals surface area contributed by atoms with E-state index in [1.54, 1.807) is 18.3 Å². The Bertz CT molecular complexity index is 597. The van der Waals surface area contributed by atoms with Gasteiger partial charge in [0, 0.05) is 17.8 Å². The van der Waals surface area contributed by atoms with Gasteiger partial charge in [-0.1, -0.05) is 30.3 Å². The van der Waals surface area contributed by atoms with Gasteiger partial charge in [-0.2, -0.15) is 10.4 Å². The number of benzene rings is 1. The van der Waals surface area contributed by atoms with E-state index >= 15 is 0 Å². The number of H-pyrrole nitrogens is 1. The molecule has 0 bridgehead atoms. The molecule has 5 heteroatoms. The number of nitrogens with zero attached hydrogens (tertiary/aromatic N) is 2. The number of carbonyl (C=O) groups excluding carboxylic acids is 1. The van der Waals surface area contributed by atoms with E-state index < -0.39 is 5.92 Å². The van der Waals surface area contributed by atoms with E-state index in [1.807, 2.05) is 31.2 Å². The number of carbonyl (C=O) groups is 1. The Morgan fingerprint density at radius 1 is 1.47 bits per heavy atom. The predicted molar refractivity (Wildman–Crippen MR) is 70.0 cm³/mol. The average Bonchev–Trinajstić information content (AvgIpc) is 2.84. The van der Waals surface area contributed by atoms with Gasteiger partial charge in [-0.15, -0.1) is 0 Å². The zero-order valence-electron chi connectivity index (χ0n) is 10.6. The Labute approximate surface area is 111 Å². The highest BCUT2D eigenvalue weighted by Gasteiger charge is 2.19. The molecule has 19 heavy (non-hydrogen) atoms. The first-order chi connectivity index (χ1) is 9.22. The molecule has 1 aromatic carbocycles. The van der Waals surface area contributed by atoms with Crippen molar-refractivity contribution in [1.29, 1.82) is 5.26 Å². The second kappa shape index (κ2) is 5.83. The molecule has 1 aromatic heterocycles. The molecule has 0 aliphatic rings. The topological polar surface area (TPSA) is 81.6 Å². The van der Waals surface area contributed by atoms with Gasteiger partial charge in [0.05, 0.1) is 12.3 Å². The van der Waals surface area contributed by atoms with E-state index in [4.69, 9.17) is 5.26 Å². The Morgan fingerprint density at radius 2 is 2.21 bits per heavy atom. The summed E-state index contributed by atoms with van der Waals surface area (Å²) in [7, 11) is 0. The van der Waals surface area contributed by atoms with Crippen LogP contribution in [-0.2, 0) is 11.3 Å². The van der Waals surface area contributed by atoms with Gasteiger partial charge in [-0.25, -0.2) is 0 Å². The number of aryl methyl sites for hydroxylation is 1. The number of aromatic amines is 1. The second-order valence-corrected chi connectivity index (χ2v) is 4.21. The van der Waals surface area contributed by atoms with Crippen LogP contribution < -0.4 is 5.32 Å². The van der Waals surface area contributed by atoms with Crippen LogP contribution in [0.1, 0.15) is 22.7 Å². The summed E-state index contributed by atoms with van der Waals surface area (Å²) in [6.07, 6.45) is 1.67. The lowest BCUT2D eigenvalue weighted by atomic mass is 10.00. The minimum Gasteiger partial charge on any atom is -0.350 e. The quantitative estimate of drug-likeness (QED) is 0.870. The maximum absolute atomic E-state index is 12.0. The summed E-state index contributed by atoms with van der Waals surface area (Å²) in [6.45, 7) is 2.25. The van der Waals surface area contributed by atoms with Gasteiger partial charge in [0.25, 0.3) is 0 Å². The summed E-state index contributed by atoms with van der Waals surface area (Å²) >= 11 is 0. The summed E-state index contributed by atoms with van der Waals surface area (Å²) in [5.74, 6) is -1.08. The van der Waals surface area contributed by atoms with Crippen LogP contribution in [0.4, 0.5) is 0 Å². The fourth-order valence-electron chi connectivity index (χ4n) is 1.77. The number of aromatic nitrogens is 2. The lowest BCUT2D eigenvalue weighted by Crippen LogP contribution is -2.28. The molecule has 96 valence electrons. The summed E-state index contributed by atoms with van der Waals surface area (Å²) < 4.78 is 0. The number of nitrogens with one attached hydrogen (secondary N) is 2. The fraction of sp³-hybridized carbons (Fsp3) is 0.214. The van der Waals surface area contributed by atoms with Crippen LogP contribution in [0.5, 0.6) is 0 Å². The van der Waals surface area contributed by atoms with E-state index in [0.717, 1.165) is 11.3 Å². The van der Waals surface area contributed by atoms with Crippen LogP contribution in [-0.4, -0.2) is 16.1 Å². The average molecular weight is 254 g/mol. The third kappa shape index (κ3) is 2.99. The van der Waals surface area contributed by atoms with Crippen LogP contribution in [0, 0.1) is 18.3 Å². The molecule has 0 fully saturated rings. The highest BCUT2D eigenvalue weighted by atomic mass is 16.1. The molecule has 2 N–H and O–H groups in total. The van der Waals surface area contributed by atoms with E-state index in [0.29, 0.717) is 12.1 Å². The largest absolute Gasteiger partial charge is 0.350 e. The lowest BCUT2D eigenvalue weighted by molar-refractivity contribution is -0.121. The van der Waals surface area contributed by atoms with Crippen molar-refractivity contribution in [1.82, 2.24) is 15.5 Å². The second-order valence-electron chi connectivity index (χ2n) is 4.21. The highest BCUT2D eigenvalue weighted by molar-refractivity contribution is 5.86. The van der Waals surface area contributed by atoms with E-state index in [1.165, 1.54) is 0 Å². The molecule has 1 unspecified atom stereocenters. The molecule has 1 amide bonds. The van der Waals surface area contributed by atoms with Crippen molar-refractivity contribution in [2.45, 2.75) is 19.4 Å². The number of hydrogen-bond acceptors (Lipinski definition) is 3. The SMILES string of the molecule is Cc1[nH]ncc1CNC(=O)C(C#N)c1ccccc1. The molecule has 1 heterocycles. The molecule has 0 radical (unpaired) electrons. The Kier molecular flexibility index (Phi) is 3.94.